The van der Waals surface area contributed by atoms with E-state index in [0.29, 0.717) is 23.1 Å². The number of methoxy groups -OCH3 is 2. The SMILES string of the molecule is COc1cc(CNC(CO)(CO)CO)cc(Cl)c1OC. The summed E-state index contributed by atoms with van der Waals surface area (Å²) in [5, 5.41) is 31.0. The highest BCUT2D eigenvalue weighted by Gasteiger charge is 2.27. The van der Waals surface area contributed by atoms with Gasteiger partial charge in [0.25, 0.3) is 0 Å². The van der Waals surface area contributed by atoms with E-state index in [1.165, 1.54) is 14.2 Å². The molecule has 0 heterocycles. The van der Waals surface area contributed by atoms with Gasteiger partial charge >= 0.3 is 0 Å². The Balaban J connectivity index is 2.91. The molecule has 0 fully saturated rings. The number of benzene rings is 1. The molecule has 114 valence electrons. The molecule has 0 bridgehead atoms. The number of hydrogen-bond acceptors (Lipinski definition) is 6. The second-order valence-electron chi connectivity index (χ2n) is 4.42. The highest BCUT2D eigenvalue weighted by molar-refractivity contribution is 6.32. The van der Waals surface area contributed by atoms with E-state index >= 15 is 0 Å². The van der Waals surface area contributed by atoms with E-state index in [1.54, 1.807) is 12.1 Å². The minimum absolute atomic E-state index is 0.293. The summed E-state index contributed by atoms with van der Waals surface area (Å²) in [6, 6.07) is 3.42. The lowest BCUT2D eigenvalue weighted by Gasteiger charge is -2.29. The quantitative estimate of drug-likeness (QED) is 0.547. The number of aliphatic hydroxyl groups excluding tert-OH is 3. The van der Waals surface area contributed by atoms with Crippen molar-refractivity contribution in [1.29, 1.82) is 0 Å². The van der Waals surface area contributed by atoms with Crippen LogP contribution in [0.1, 0.15) is 5.56 Å². The van der Waals surface area contributed by atoms with Crippen LogP contribution in [-0.4, -0.2) is 54.9 Å². The Labute approximate surface area is 122 Å². The zero-order valence-electron chi connectivity index (χ0n) is 11.5. The molecule has 0 spiro atoms. The Morgan fingerprint density at radius 3 is 2.15 bits per heavy atom. The van der Waals surface area contributed by atoms with Gasteiger partial charge < -0.3 is 30.1 Å². The Hall–Kier alpha value is -1.05. The number of ether oxygens (including phenoxy) is 2. The third-order valence-corrected chi connectivity index (χ3v) is 3.35. The zero-order valence-corrected chi connectivity index (χ0v) is 12.3. The summed E-state index contributed by atoms with van der Waals surface area (Å²) >= 11 is 6.08. The van der Waals surface area contributed by atoms with E-state index < -0.39 is 5.54 Å². The van der Waals surface area contributed by atoms with E-state index in [0.717, 1.165) is 5.56 Å². The summed E-state index contributed by atoms with van der Waals surface area (Å²) in [4.78, 5) is 0. The third-order valence-electron chi connectivity index (χ3n) is 3.07. The monoisotopic (exact) mass is 305 g/mol. The molecule has 1 rings (SSSR count). The van der Waals surface area contributed by atoms with Gasteiger partial charge in [0.2, 0.25) is 0 Å². The second-order valence-corrected chi connectivity index (χ2v) is 4.83. The van der Waals surface area contributed by atoms with Crippen molar-refractivity contribution < 1.29 is 24.8 Å². The van der Waals surface area contributed by atoms with Crippen LogP contribution < -0.4 is 14.8 Å². The number of halogens is 1. The van der Waals surface area contributed by atoms with Gasteiger partial charge in [-0.05, 0) is 17.7 Å². The summed E-state index contributed by atoms with van der Waals surface area (Å²) < 4.78 is 10.3. The summed E-state index contributed by atoms with van der Waals surface area (Å²) in [5.41, 5.74) is -0.369. The Bertz CT molecular complexity index is 429. The Morgan fingerprint density at radius 1 is 1.10 bits per heavy atom. The number of rotatable bonds is 8. The highest BCUT2D eigenvalue weighted by atomic mass is 35.5. The molecule has 4 N–H and O–H groups in total. The maximum atomic E-state index is 9.24. The molecule has 0 saturated carbocycles. The number of nitrogens with one attached hydrogen (secondary N) is 1. The highest BCUT2D eigenvalue weighted by Crippen LogP contribution is 2.36. The van der Waals surface area contributed by atoms with Gasteiger partial charge in [0.15, 0.2) is 11.5 Å². The van der Waals surface area contributed by atoms with E-state index in [1.807, 2.05) is 0 Å². The predicted molar refractivity (Wildman–Crippen MR) is 75.4 cm³/mol. The van der Waals surface area contributed by atoms with Crippen molar-refractivity contribution in [3.63, 3.8) is 0 Å². The molecule has 0 aromatic heterocycles. The zero-order chi connectivity index (χ0) is 15.2. The molecule has 7 heteroatoms. The predicted octanol–water partition coefficient (Wildman–Crippen LogP) is 0.163. The number of hydrogen-bond donors (Lipinski definition) is 4. The van der Waals surface area contributed by atoms with Crippen LogP contribution in [-0.2, 0) is 6.54 Å². The molecule has 0 radical (unpaired) electrons. The van der Waals surface area contributed by atoms with Gasteiger partial charge in [0, 0.05) is 6.54 Å². The van der Waals surface area contributed by atoms with Gasteiger partial charge in [-0.15, -0.1) is 0 Å². The van der Waals surface area contributed by atoms with Crippen molar-refractivity contribution in [3.8, 4) is 11.5 Å². The molecule has 0 saturated heterocycles. The summed E-state index contributed by atoms with van der Waals surface area (Å²) in [6.07, 6.45) is 0. The molecule has 0 amide bonds. The van der Waals surface area contributed by atoms with Crippen LogP contribution in [0.4, 0.5) is 0 Å². The molecule has 6 nitrogen and oxygen atoms in total. The van der Waals surface area contributed by atoms with Crippen molar-refractivity contribution in [2.24, 2.45) is 0 Å². The fourth-order valence-corrected chi connectivity index (χ4v) is 1.99. The van der Waals surface area contributed by atoms with Crippen molar-refractivity contribution in [2.45, 2.75) is 12.1 Å². The maximum absolute atomic E-state index is 9.24. The standard InChI is InChI=1S/C13H20ClNO5/c1-19-11-4-9(3-10(14)12(11)20-2)5-15-13(6-16,7-17)8-18/h3-4,15-18H,5-8H2,1-2H3. The molecule has 0 atom stereocenters. The van der Waals surface area contributed by atoms with Crippen LogP contribution in [0.5, 0.6) is 11.5 Å². The molecule has 0 aliphatic carbocycles. The van der Waals surface area contributed by atoms with E-state index in [-0.39, 0.29) is 19.8 Å². The lowest BCUT2D eigenvalue weighted by molar-refractivity contribution is 0.0413. The van der Waals surface area contributed by atoms with Gasteiger partial charge in [-0.25, -0.2) is 0 Å². The van der Waals surface area contributed by atoms with Crippen LogP contribution in [0, 0.1) is 0 Å². The lowest BCUT2D eigenvalue weighted by Crippen LogP contribution is -2.54. The van der Waals surface area contributed by atoms with Gasteiger partial charge in [0.05, 0.1) is 44.6 Å². The first-order valence-electron chi connectivity index (χ1n) is 6.03. The first-order chi connectivity index (χ1) is 9.55. The first kappa shape index (κ1) is 17.0. The van der Waals surface area contributed by atoms with E-state index in [9.17, 15) is 15.3 Å². The van der Waals surface area contributed by atoms with E-state index in [4.69, 9.17) is 21.1 Å². The van der Waals surface area contributed by atoms with Crippen LogP contribution in [0.25, 0.3) is 0 Å². The van der Waals surface area contributed by atoms with Gasteiger partial charge in [-0.2, -0.15) is 0 Å². The molecule has 20 heavy (non-hydrogen) atoms. The molecule has 1 aromatic rings. The van der Waals surface area contributed by atoms with Crippen LogP contribution >= 0.6 is 11.6 Å². The van der Waals surface area contributed by atoms with Gasteiger partial charge in [0.1, 0.15) is 0 Å². The minimum atomic E-state index is -1.14. The molecule has 0 aliphatic rings. The van der Waals surface area contributed by atoms with Crippen molar-refractivity contribution in [1.82, 2.24) is 5.32 Å². The van der Waals surface area contributed by atoms with Crippen molar-refractivity contribution >= 4 is 11.6 Å². The molecule has 0 unspecified atom stereocenters. The van der Waals surface area contributed by atoms with Crippen LogP contribution in [0.3, 0.4) is 0 Å². The fraction of sp³-hybridized carbons (Fsp3) is 0.538. The molecule has 0 aliphatic heterocycles. The van der Waals surface area contributed by atoms with Crippen LogP contribution in [0.2, 0.25) is 5.02 Å². The van der Waals surface area contributed by atoms with Gasteiger partial charge in [-0.1, -0.05) is 11.6 Å². The summed E-state index contributed by atoms with van der Waals surface area (Å²) in [5.74, 6) is 0.926. The maximum Gasteiger partial charge on any atom is 0.179 e. The average Bonchev–Trinajstić information content (AvgIpc) is 2.48. The Kier molecular flexibility index (Phi) is 6.51. The average molecular weight is 306 g/mol. The summed E-state index contributed by atoms with van der Waals surface area (Å²) in [6.45, 7) is -0.870. The third kappa shape index (κ3) is 3.74. The smallest absolute Gasteiger partial charge is 0.179 e. The normalized spacial score (nSPS) is 11.5. The summed E-state index contributed by atoms with van der Waals surface area (Å²) in [7, 11) is 3.00. The van der Waals surface area contributed by atoms with Gasteiger partial charge in [-0.3, -0.25) is 0 Å². The van der Waals surface area contributed by atoms with Crippen LogP contribution in [0.15, 0.2) is 12.1 Å². The molecular weight excluding hydrogens is 286 g/mol. The first-order valence-corrected chi connectivity index (χ1v) is 6.41. The van der Waals surface area contributed by atoms with Crippen molar-refractivity contribution in [2.75, 3.05) is 34.0 Å². The fourth-order valence-electron chi connectivity index (χ4n) is 1.68. The molecule has 1 aromatic carbocycles. The number of aliphatic hydroxyl groups is 3. The largest absolute Gasteiger partial charge is 0.493 e. The lowest BCUT2D eigenvalue weighted by atomic mass is 10.0. The molecular formula is C13H20ClNO5. The second kappa shape index (κ2) is 7.66. The topological polar surface area (TPSA) is 91.2 Å². The Morgan fingerprint density at radius 2 is 1.70 bits per heavy atom. The van der Waals surface area contributed by atoms with E-state index in [2.05, 4.69) is 5.32 Å². The van der Waals surface area contributed by atoms with Crippen molar-refractivity contribution in [3.05, 3.63) is 22.7 Å². The minimum Gasteiger partial charge on any atom is -0.493 e.